The number of hydrogen-bond donors (Lipinski definition) is 0. The van der Waals surface area contributed by atoms with Gasteiger partial charge in [0.1, 0.15) is 0 Å². The van der Waals surface area contributed by atoms with Crippen LogP contribution in [-0.4, -0.2) is 32.3 Å². The fraction of sp³-hybridized carbons (Fsp3) is 0.444. The Kier molecular flexibility index (Phi) is 5.42. The SMILES string of the molecule is CCOC(=O)C1(C(=O)OCC)c2ccccc2CC1/C=C/OC. The predicted molar refractivity (Wildman–Crippen MR) is 84.7 cm³/mol. The number of benzene rings is 1. The van der Waals surface area contributed by atoms with Crippen molar-refractivity contribution >= 4 is 11.9 Å². The number of hydrogen-bond acceptors (Lipinski definition) is 5. The highest BCUT2D eigenvalue weighted by molar-refractivity contribution is 6.08. The quantitative estimate of drug-likeness (QED) is 0.458. The molecule has 5 heteroatoms. The van der Waals surface area contributed by atoms with Crippen LogP contribution in [0.15, 0.2) is 36.6 Å². The molecule has 2 rings (SSSR count). The van der Waals surface area contributed by atoms with Gasteiger partial charge in [-0.3, -0.25) is 9.59 Å². The third-order valence-electron chi connectivity index (χ3n) is 4.08. The summed E-state index contributed by atoms with van der Waals surface area (Å²) in [5.74, 6) is -1.55. The van der Waals surface area contributed by atoms with Crippen LogP contribution < -0.4 is 0 Å². The zero-order chi connectivity index (χ0) is 16.9. The van der Waals surface area contributed by atoms with Gasteiger partial charge in [0, 0.05) is 5.92 Å². The Morgan fingerprint density at radius 3 is 2.35 bits per heavy atom. The van der Waals surface area contributed by atoms with Gasteiger partial charge in [-0.05, 0) is 37.5 Å². The average Bonchev–Trinajstić information content (AvgIpc) is 2.88. The lowest BCUT2D eigenvalue weighted by Gasteiger charge is -2.30. The molecule has 0 saturated heterocycles. The zero-order valence-electron chi connectivity index (χ0n) is 13.7. The molecule has 0 saturated carbocycles. The fourth-order valence-corrected chi connectivity index (χ4v) is 3.15. The minimum Gasteiger partial charge on any atom is -0.505 e. The van der Waals surface area contributed by atoms with Crippen molar-refractivity contribution in [3.8, 4) is 0 Å². The first kappa shape index (κ1) is 17.1. The van der Waals surface area contributed by atoms with E-state index in [4.69, 9.17) is 14.2 Å². The molecule has 1 aliphatic carbocycles. The van der Waals surface area contributed by atoms with E-state index in [0.29, 0.717) is 12.0 Å². The molecule has 0 aromatic heterocycles. The normalized spacial score (nSPS) is 18.5. The zero-order valence-corrected chi connectivity index (χ0v) is 13.7. The van der Waals surface area contributed by atoms with Crippen molar-refractivity contribution in [1.82, 2.24) is 0 Å². The highest BCUT2D eigenvalue weighted by atomic mass is 16.6. The van der Waals surface area contributed by atoms with Crippen LogP contribution in [0.4, 0.5) is 0 Å². The summed E-state index contributed by atoms with van der Waals surface area (Å²) in [6.45, 7) is 3.83. The summed E-state index contributed by atoms with van der Waals surface area (Å²) in [6, 6.07) is 7.42. The molecule has 0 heterocycles. The summed E-state index contributed by atoms with van der Waals surface area (Å²) in [5.41, 5.74) is 0.125. The van der Waals surface area contributed by atoms with Gasteiger partial charge in [0.25, 0.3) is 0 Å². The van der Waals surface area contributed by atoms with Gasteiger partial charge >= 0.3 is 11.9 Å². The molecule has 1 aromatic rings. The summed E-state index contributed by atoms with van der Waals surface area (Å²) in [6.07, 6.45) is 3.77. The average molecular weight is 318 g/mol. The van der Waals surface area contributed by atoms with Crippen LogP contribution in [0, 0.1) is 5.92 Å². The highest BCUT2D eigenvalue weighted by Gasteiger charge is 2.59. The largest absolute Gasteiger partial charge is 0.505 e. The van der Waals surface area contributed by atoms with Gasteiger partial charge in [0.15, 0.2) is 5.41 Å². The van der Waals surface area contributed by atoms with Crippen molar-refractivity contribution in [2.75, 3.05) is 20.3 Å². The smallest absolute Gasteiger partial charge is 0.328 e. The van der Waals surface area contributed by atoms with E-state index >= 15 is 0 Å². The molecule has 1 unspecified atom stereocenters. The molecular weight excluding hydrogens is 296 g/mol. The van der Waals surface area contributed by atoms with Crippen molar-refractivity contribution in [3.63, 3.8) is 0 Å². The highest BCUT2D eigenvalue weighted by Crippen LogP contribution is 2.46. The first-order chi connectivity index (χ1) is 11.1. The minimum absolute atomic E-state index is 0.197. The number of methoxy groups -OCH3 is 1. The second-order valence-electron chi connectivity index (χ2n) is 5.28. The van der Waals surface area contributed by atoms with E-state index in [1.54, 1.807) is 26.0 Å². The first-order valence-electron chi connectivity index (χ1n) is 7.75. The number of carbonyl (C=O) groups excluding carboxylic acids is 2. The topological polar surface area (TPSA) is 61.8 Å². The molecule has 1 aliphatic rings. The van der Waals surface area contributed by atoms with E-state index in [2.05, 4.69) is 0 Å². The number of ether oxygens (including phenoxy) is 3. The fourth-order valence-electron chi connectivity index (χ4n) is 3.15. The molecule has 0 N–H and O–H groups in total. The van der Waals surface area contributed by atoms with Crippen molar-refractivity contribution < 1.29 is 23.8 Å². The molecule has 1 aromatic carbocycles. The van der Waals surface area contributed by atoms with Crippen molar-refractivity contribution in [1.29, 1.82) is 0 Å². The molecular formula is C18H22O5. The van der Waals surface area contributed by atoms with Gasteiger partial charge < -0.3 is 14.2 Å². The number of allylic oxidation sites excluding steroid dienone is 1. The van der Waals surface area contributed by atoms with Gasteiger partial charge in [-0.25, -0.2) is 0 Å². The molecule has 0 spiro atoms. The van der Waals surface area contributed by atoms with Crippen molar-refractivity contribution in [2.45, 2.75) is 25.7 Å². The second kappa shape index (κ2) is 7.31. The Balaban J connectivity index is 2.63. The third-order valence-corrected chi connectivity index (χ3v) is 4.08. The lowest BCUT2D eigenvalue weighted by molar-refractivity contribution is -0.166. The molecule has 0 fully saturated rings. The summed E-state index contributed by atoms with van der Waals surface area (Å²) < 4.78 is 15.5. The van der Waals surface area contributed by atoms with E-state index in [1.807, 2.05) is 18.2 Å². The Morgan fingerprint density at radius 1 is 1.17 bits per heavy atom. The lowest BCUT2D eigenvalue weighted by Crippen LogP contribution is -2.49. The summed E-state index contributed by atoms with van der Waals surface area (Å²) in [7, 11) is 1.52. The predicted octanol–water partition coefficient (Wildman–Crippen LogP) is 2.38. The van der Waals surface area contributed by atoms with Crippen LogP contribution in [0.2, 0.25) is 0 Å². The van der Waals surface area contributed by atoms with Crippen molar-refractivity contribution in [2.24, 2.45) is 5.92 Å². The Bertz CT molecular complexity index is 587. The monoisotopic (exact) mass is 318 g/mol. The van der Waals surface area contributed by atoms with Gasteiger partial charge in [0.05, 0.1) is 26.6 Å². The maximum absolute atomic E-state index is 12.8. The van der Waals surface area contributed by atoms with E-state index in [1.165, 1.54) is 13.4 Å². The van der Waals surface area contributed by atoms with Crippen molar-refractivity contribution in [3.05, 3.63) is 47.7 Å². The summed E-state index contributed by atoms with van der Waals surface area (Å²) in [5, 5.41) is 0. The van der Waals surface area contributed by atoms with Crippen LogP contribution in [0.5, 0.6) is 0 Å². The molecule has 23 heavy (non-hydrogen) atoms. The van der Waals surface area contributed by atoms with Gasteiger partial charge in [-0.1, -0.05) is 24.3 Å². The molecule has 124 valence electrons. The lowest BCUT2D eigenvalue weighted by atomic mass is 9.74. The van der Waals surface area contributed by atoms with Crippen LogP contribution in [0.25, 0.3) is 0 Å². The molecule has 0 radical (unpaired) electrons. The first-order valence-corrected chi connectivity index (χ1v) is 7.75. The maximum Gasteiger partial charge on any atom is 0.328 e. The number of esters is 2. The van der Waals surface area contributed by atoms with E-state index < -0.39 is 23.3 Å². The molecule has 5 nitrogen and oxygen atoms in total. The molecule has 0 amide bonds. The van der Waals surface area contributed by atoms with Crippen LogP contribution in [-0.2, 0) is 35.6 Å². The second-order valence-corrected chi connectivity index (χ2v) is 5.28. The minimum atomic E-state index is -1.47. The summed E-state index contributed by atoms with van der Waals surface area (Å²) in [4.78, 5) is 25.6. The Morgan fingerprint density at radius 2 is 1.78 bits per heavy atom. The van der Waals surface area contributed by atoms with Gasteiger partial charge in [-0.15, -0.1) is 0 Å². The number of rotatable bonds is 6. The van der Waals surface area contributed by atoms with Crippen LogP contribution >= 0.6 is 0 Å². The molecule has 1 atom stereocenters. The van der Waals surface area contributed by atoms with Crippen LogP contribution in [0.3, 0.4) is 0 Å². The molecule has 0 aliphatic heterocycles. The standard InChI is InChI=1S/C18H22O5/c1-4-22-16(19)18(17(20)23-5-2)14(10-11-21-3)12-13-8-6-7-9-15(13)18/h6-11,14H,4-5,12H2,1-3H3/b11-10+. The Labute approximate surface area is 136 Å². The Hall–Kier alpha value is -2.30. The van der Waals surface area contributed by atoms with E-state index in [9.17, 15) is 9.59 Å². The third kappa shape index (κ3) is 2.83. The summed E-state index contributed by atoms with van der Waals surface area (Å²) >= 11 is 0. The van der Waals surface area contributed by atoms with Gasteiger partial charge in [0.2, 0.25) is 0 Å². The number of carbonyl (C=O) groups is 2. The maximum atomic E-state index is 12.8. The van der Waals surface area contributed by atoms with Crippen LogP contribution in [0.1, 0.15) is 25.0 Å². The number of fused-ring (bicyclic) bond motifs is 1. The van der Waals surface area contributed by atoms with Gasteiger partial charge in [-0.2, -0.15) is 0 Å². The molecule has 0 bridgehead atoms. The van der Waals surface area contributed by atoms with E-state index in [0.717, 1.165) is 5.56 Å². The van der Waals surface area contributed by atoms with E-state index in [-0.39, 0.29) is 13.2 Å².